The molecule has 0 bridgehead atoms. The lowest BCUT2D eigenvalue weighted by Gasteiger charge is -2.13. The second-order valence-electron chi connectivity index (χ2n) is 3.02. The average Bonchev–Trinajstić information content (AvgIpc) is 2.18. The van der Waals surface area contributed by atoms with Crippen LogP contribution in [0.1, 0.15) is 18.0 Å². The van der Waals surface area contributed by atoms with Gasteiger partial charge in [0.2, 0.25) is 0 Å². The van der Waals surface area contributed by atoms with Gasteiger partial charge in [-0.1, -0.05) is 6.08 Å². The van der Waals surface area contributed by atoms with Gasteiger partial charge in [0.15, 0.2) is 0 Å². The quantitative estimate of drug-likeness (QED) is 0.749. The second kappa shape index (κ2) is 4.77. The van der Waals surface area contributed by atoms with E-state index in [4.69, 9.17) is 10.5 Å². The van der Waals surface area contributed by atoms with E-state index >= 15 is 0 Å². The molecule has 0 fully saturated rings. The lowest BCUT2D eigenvalue weighted by molar-refractivity contribution is 0.404. The first-order chi connectivity index (χ1) is 6.69. The summed E-state index contributed by atoms with van der Waals surface area (Å²) in [4.78, 5) is 0. The van der Waals surface area contributed by atoms with Crippen molar-refractivity contribution < 1.29 is 9.13 Å². The molecule has 1 aromatic carbocycles. The fourth-order valence-corrected chi connectivity index (χ4v) is 1.30. The van der Waals surface area contributed by atoms with Crippen LogP contribution in [-0.4, -0.2) is 7.11 Å². The number of methoxy groups -OCH3 is 1. The van der Waals surface area contributed by atoms with Crippen molar-refractivity contribution in [2.75, 3.05) is 7.11 Å². The maximum Gasteiger partial charge on any atom is 0.123 e. The van der Waals surface area contributed by atoms with Crippen molar-refractivity contribution in [3.05, 3.63) is 42.2 Å². The zero-order valence-electron chi connectivity index (χ0n) is 8.16. The number of hydrogen-bond donors (Lipinski definition) is 1. The van der Waals surface area contributed by atoms with Crippen molar-refractivity contribution in [1.82, 2.24) is 0 Å². The molecule has 14 heavy (non-hydrogen) atoms. The van der Waals surface area contributed by atoms with Crippen LogP contribution in [0.3, 0.4) is 0 Å². The fourth-order valence-electron chi connectivity index (χ4n) is 1.30. The van der Waals surface area contributed by atoms with Gasteiger partial charge in [-0.3, -0.25) is 0 Å². The summed E-state index contributed by atoms with van der Waals surface area (Å²) in [6.07, 6.45) is 2.30. The molecule has 0 aliphatic heterocycles. The molecular formula is C11H14FNO. The number of nitrogens with two attached hydrogens (primary N) is 1. The second-order valence-corrected chi connectivity index (χ2v) is 3.02. The van der Waals surface area contributed by atoms with Crippen molar-refractivity contribution in [2.45, 2.75) is 12.5 Å². The molecule has 76 valence electrons. The molecule has 2 nitrogen and oxygen atoms in total. The summed E-state index contributed by atoms with van der Waals surface area (Å²) in [5.74, 6) is 0.307. The molecule has 0 radical (unpaired) electrons. The number of ether oxygens (including phenoxy) is 1. The highest BCUT2D eigenvalue weighted by Crippen LogP contribution is 2.26. The molecule has 0 aliphatic carbocycles. The summed E-state index contributed by atoms with van der Waals surface area (Å²) < 4.78 is 18.0. The molecule has 3 heteroatoms. The van der Waals surface area contributed by atoms with Gasteiger partial charge in [-0.2, -0.15) is 0 Å². The molecular weight excluding hydrogens is 181 g/mol. The molecule has 1 rings (SSSR count). The van der Waals surface area contributed by atoms with Crippen LogP contribution in [0.5, 0.6) is 5.75 Å². The molecule has 0 saturated heterocycles. The van der Waals surface area contributed by atoms with Crippen molar-refractivity contribution in [2.24, 2.45) is 5.73 Å². The molecule has 1 atom stereocenters. The van der Waals surface area contributed by atoms with Crippen LogP contribution < -0.4 is 10.5 Å². The minimum atomic E-state index is -0.305. The monoisotopic (exact) mass is 195 g/mol. The summed E-state index contributed by atoms with van der Waals surface area (Å²) in [7, 11) is 1.54. The van der Waals surface area contributed by atoms with Crippen molar-refractivity contribution in [3.63, 3.8) is 0 Å². The lowest BCUT2D eigenvalue weighted by atomic mass is 10.0. The van der Waals surface area contributed by atoms with Gasteiger partial charge in [0.25, 0.3) is 0 Å². The van der Waals surface area contributed by atoms with E-state index in [1.165, 1.54) is 19.2 Å². The fraction of sp³-hybridized carbons (Fsp3) is 0.273. The summed E-state index contributed by atoms with van der Waals surface area (Å²) in [6.45, 7) is 3.59. The number of halogens is 1. The van der Waals surface area contributed by atoms with Crippen LogP contribution in [0.2, 0.25) is 0 Å². The molecule has 2 N–H and O–H groups in total. The van der Waals surface area contributed by atoms with Gasteiger partial charge in [-0.05, 0) is 24.6 Å². The first-order valence-electron chi connectivity index (χ1n) is 4.39. The van der Waals surface area contributed by atoms with E-state index in [1.54, 1.807) is 12.1 Å². The molecule has 0 saturated carbocycles. The molecule has 0 heterocycles. The van der Waals surface area contributed by atoms with Gasteiger partial charge >= 0.3 is 0 Å². The van der Waals surface area contributed by atoms with Crippen molar-refractivity contribution >= 4 is 0 Å². The topological polar surface area (TPSA) is 35.2 Å². The largest absolute Gasteiger partial charge is 0.496 e. The van der Waals surface area contributed by atoms with E-state index in [9.17, 15) is 4.39 Å². The zero-order valence-corrected chi connectivity index (χ0v) is 8.16. The third kappa shape index (κ3) is 2.33. The molecule has 0 aliphatic rings. The smallest absolute Gasteiger partial charge is 0.123 e. The predicted molar refractivity (Wildman–Crippen MR) is 54.7 cm³/mol. The molecule has 1 aromatic rings. The minimum absolute atomic E-state index is 0.266. The van der Waals surface area contributed by atoms with Gasteiger partial charge in [0, 0.05) is 11.6 Å². The van der Waals surface area contributed by atoms with Crippen LogP contribution >= 0.6 is 0 Å². The van der Waals surface area contributed by atoms with E-state index in [0.29, 0.717) is 17.7 Å². The Kier molecular flexibility index (Phi) is 3.65. The molecule has 0 amide bonds. The number of hydrogen-bond acceptors (Lipinski definition) is 2. The predicted octanol–water partition coefficient (Wildman–Crippen LogP) is 2.41. The number of benzene rings is 1. The Hall–Kier alpha value is -1.35. The maximum absolute atomic E-state index is 12.9. The zero-order chi connectivity index (χ0) is 10.6. The van der Waals surface area contributed by atoms with E-state index in [1.807, 2.05) is 0 Å². The first kappa shape index (κ1) is 10.7. The normalized spacial score (nSPS) is 12.2. The molecule has 0 aromatic heterocycles. The summed E-state index contributed by atoms with van der Waals surface area (Å²) in [5.41, 5.74) is 6.51. The van der Waals surface area contributed by atoms with Crippen LogP contribution in [0, 0.1) is 5.82 Å². The standard InChI is InChI=1S/C11H14FNO/c1-3-4-10(13)9-7-8(12)5-6-11(9)14-2/h3,5-7,10H,1,4,13H2,2H3/t10-/m1/s1. The van der Waals surface area contributed by atoms with Crippen molar-refractivity contribution in [3.8, 4) is 5.75 Å². The molecule has 0 spiro atoms. The Morgan fingerprint density at radius 1 is 1.64 bits per heavy atom. The third-order valence-corrected chi connectivity index (χ3v) is 2.01. The maximum atomic E-state index is 12.9. The Morgan fingerprint density at radius 2 is 2.36 bits per heavy atom. The van der Waals surface area contributed by atoms with Crippen LogP contribution in [0.15, 0.2) is 30.9 Å². The highest BCUT2D eigenvalue weighted by Gasteiger charge is 2.11. The van der Waals surface area contributed by atoms with E-state index in [-0.39, 0.29) is 11.9 Å². The highest BCUT2D eigenvalue weighted by atomic mass is 19.1. The van der Waals surface area contributed by atoms with E-state index in [0.717, 1.165) is 0 Å². The minimum Gasteiger partial charge on any atom is -0.496 e. The summed E-state index contributed by atoms with van der Waals surface area (Å²) in [6, 6.07) is 4.06. The Morgan fingerprint density at radius 3 is 2.93 bits per heavy atom. The Labute approximate surface area is 83.2 Å². The number of rotatable bonds is 4. The van der Waals surface area contributed by atoms with E-state index < -0.39 is 0 Å². The lowest BCUT2D eigenvalue weighted by Crippen LogP contribution is -2.10. The Balaban J connectivity index is 3.02. The summed E-state index contributed by atoms with van der Waals surface area (Å²) in [5, 5.41) is 0. The van der Waals surface area contributed by atoms with Gasteiger partial charge in [0.1, 0.15) is 11.6 Å². The highest BCUT2D eigenvalue weighted by molar-refractivity contribution is 5.36. The van der Waals surface area contributed by atoms with Crippen LogP contribution in [0.25, 0.3) is 0 Å². The molecule has 0 unspecified atom stereocenters. The summed E-state index contributed by atoms with van der Waals surface area (Å²) >= 11 is 0. The van der Waals surface area contributed by atoms with Crippen molar-refractivity contribution in [1.29, 1.82) is 0 Å². The first-order valence-corrected chi connectivity index (χ1v) is 4.39. The van der Waals surface area contributed by atoms with Gasteiger partial charge in [-0.15, -0.1) is 6.58 Å². The SMILES string of the molecule is C=CC[C@@H](N)c1cc(F)ccc1OC. The average molecular weight is 195 g/mol. The van der Waals surface area contributed by atoms with Gasteiger partial charge < -0.3 is 10.5 Å². The van der Waals surface area contributed by atoms with Gasteiger partial charge in [0.05, 0.1) is 7.11 Å². The third-order valence-electron chi connectivity index (χ3n) is 2.01. The van der Waals surface area contributed by atoms with Gasteiger partial charge in [-0.25, -0.2) is 4.39 Å². The van der Waals surface area contributed by atoms with Crippen LogP contribution in [0.4, 0.5) is 4.39 Å². The van der Waals surface area contributed by atoms with Crippen LogP contribution in [-0.2, 0) is 0 Å². The Bertz CT molecular complexity index is 325. The van der Waals surface area contributed by atoms with E-state index in [2.05, 4.69) is 6.58 Å².